The summed E-state index contributed by atoms with van der Waals surface area (Å²) in [4.78, 5) is 6.77. The summed E-state index contributed by atoms with van der Waals surface area (Å²) in [7, 11) is 0. The molecule has 0 radical (unpaired) electrons. The van der Waals surface area contributed by atoms with Crippen LogP contribution in [0.1, 0.15) is 23.1 Å². The number of halogens is 2. The number of nitrogens with two attached hydrogens (primary N) is 1. The Bertz CT molecular complexity index is 1130. The molecule has 1 saturated heterocycles. The van der Waals surface area contributed by atoms with Crippen molar-refractivity contribution in [1.82, 2.24) is 4.98 Å². The Balaban J connectivity index is 1.53. The van der Waals surface area contributed by atoms with Crippen LogP contribution in [-0.4, -0.2) is 36.8 Å². The number of alkyl halides is 2. The SMILES string of the molecule is Cc1ccc2nc(N3CCC(F)(F)c4ccccc4C3)cc(NCC3(N)COC3)c2c1. The third-order valence-electron chi connectivity index (χ3n) is 6.15. The van der Waals surface area contributed by atoms with Gasteiger partial charge in [-0.05, 0) is 24.6 Å². The van der Waals surface area contributed by atoms with E-state index in [1.807, 2.05) is 36.1 Å². The van der Waals surface area contributed by atoms with Crippen molar-refractivity contribution in [1.29, 1.82) is 0 Å². The summed E-state index contributed by atoms with van der Waals surface area (Å²) in [6, 6.07) is 14.8. The van der Waals surface area contributed by atoms with E-state index >= 15 is 0 Å². The van der Waals surface area contributed by atoms with Crippen LogP contribution >= 0.6 is 0 Å². The summed E-state index contributed by atoms with van der Waals surface area (Å²) in [6.45, 7) is 4.26. The predicted octanol–water partition coefficient (Wildman–Crippen LogP) is 4.18. The number of pyridine rings is 1. The zero-order chi connectivity index (χ0) is 21.6. The predicted molar refractivity (Wildman–Crippen MR) is 119 cm³/mol. The van der Waals surface area contributed by atoms with Crippen molar-refractivity contribution in [2.24, 2.45) is 5.73 Å². The third-order valence-corrected chi connectivity index (χ3v) is 6.15. The fraction of sp³-hybridized carbons (Fsp3) is 0.375. The van der Waals surface area contributed by atoms with Crippen molar-refractivity contribution in [2.75, 3.05) is 36.5 Å². The van der Waals surface area contributed by atoms with Crippen LogP contribution in [-0.2, 0) is 17.2 Å². The fourth-order valence-corrected chi connectivity index (χ4v) is 4.28. The van der Waals surface area contributed by atoms with Gasteiger partial charge in [-0.15, -0.1) is 0 Å². The molecule has 3 heterocycles. The van der Waals surface area contributed by atoms with E-state index < -0.39 is 5.92 Å². The maximum atomic E-state index is 14.7. The zero-order valence-corrected chi connectivity index (χ0v) is 17.5. The molecule has 1 aromatic heterocycles. The molecule has 5 rings (SSSR count). The summed E-state index contributed by atoms with van der Waals surface area (Å²) < 4.78 is 34.7. The standard InChI is InChI=1S/C24H26F2N4O/c1-16-6-7-20-18(10-16)21(28-13-23(27)14-31-15-23)11-22(29-20)30-9-8-24(25,26)19-5-3-2-4-17(19)12-30/h2-7,10-11H,8-9,12-15,27H2,1H3,(H,28,29). The highest BCUT2D eigenvalue weighted by Crippen LogP contribution is 2.39. The van der Waals surface area contributed by atoms with Gasteiger partial charge in [0, 0.05) is 48.8 Å². The summed E-state index contributed by atoms with van der Waals surface area (Å²) >= 11 is 0. The number of fused-ring (bicyclic) bond motifs is 2. The topological polar surface area (TPSA) is 63.4 Å². The Labute approximate surface area is 180 Å². The van der Waals surface area contributed by atoms with E-state index in [0.29, 0.717) is 37.7 Å². The van der Waals surface area contributed by atoms with Crippen LogP contribution in [0.25, 0.3) is 10.9 Å². The summed E-state index contributed by atoms with van der Waals surface area (Å²) in [6.07, 6.45) is -0.246. The lowest BCUT2D eigenvalue weighted by atomic mass is 9.99. The van der Waals surface area contributed by atoms with E-state index in [0.717, 1.165) is 22.2 Å². The van der Waals surface area contributed by atoms with E-state index in [-0.39, 0.29) is 24.1 Å². The van der Waals surface area contributed by atoms with E-state index in [2.05, 4.69) is 11.4 Å². The fourth-order valence-electron chi connectivity index (χ4n) is 4.28. The van der Waals surface area contributed by atoms with Crippen molar-refractivity contribution in [3.63, 3.8) is 0 Å². The molecule has 0 aliphatic carbocycles. The molecule has 0 bridgehead atoms. The second kappa shape index (κ2) is 7.43. The normalized spacial score (nSPS) is 19.4. The molecule has 0 atom stereocenters. The molecule has 3 N–H and O–H groups in total. The van der Waals surface area contributed by atoms with Crippen LogP contribution in [0.15, 0.2) is 48.5 Å². The molecule has 5 nitrogen and oxygen atoms in total. The van der Waals surface area contributed by atoms with E-state index in [1.54, 1.807) is 12.1 Å². The number of benzene rings is 2. The second-order valence-electron chi connectivity index (χ2n) is 8.79. The van der Waals surface area contributed by atoms with Crippen LogP contribution in [0.5, 0.6) is 0 Å². The maximum Gasteiger partial charge on any atom is 0.275 e. The Hall–Kier alpha value is -2.77. The largest absolute Gasteiger partial charge is 0.382 e. The zero-order valence-electron chi connectivity index (χ0n) is 17.5. The minimum absolute atomic E-state index is 0.113. The number of aryl methyl sites for hydroxylation is 1. The number of ether oxygens (including phenoxy) is 1. The van der Waals surface area contributed by atoms with E-state index in [4.69, 9.17) is 15.5 Å². The average Bonchev–Trinajstić information content (AvgIpc) is 2.87. The van der Waals surface area contributed by atoms with Gasteiger partial charge in [0.2, 0.25) is 0 Å². The Morgan fingerprint density at radius 1 is 1.16 bits per heavy atom. The van der Waals surface area contributed by atoms with Gasteiger partial charge in [0.15, 0.2) is 0 Å². The van der Waals surface area contributed by atoms with Gasteiger partial charge in [-0.2, -0.15) is 0 Å². The van der Waals surface area contributed by atoms with Gasteiger partial charge in [-0.3, -0.25) is 0 Å². The number of hydrogen-bond acceptors (Lipinski definition) is 5. The van der Waals surface area contributed by atoms with Gasteiger partial charge in [0.25, 0.3) is 5.92 Å². The first-order valence-electron chi connectivity index (χ1n) is 10.6. The van der Waals surface area contributed by atoms with Crippen LogP contribution < -0.4 is 16.0 Å². The first-order chi connectivity index (χ1) is 14.8. The van der Waals surface area contributed by atoms with Crippen molar-refractivity contribution < 1.29 is 13.5 Å². The van der Waals surface area contributed by atoms with Crippen LogP contribution in [0.4, 0.5) is 20.3 Å². The molecule has 2 aromatic carbocycles. The number of nitrogens with one attached hydrogen (secondary N) is 1. The van der Waals surface area contributed by atoms with E-state index in [9.17, 15) is 8.78 Å². The second-order valence-corrected chi connectivity index (χ2v) is 8.79. The minimum atomic E-state index is -2.85. The smallest absolute Gasteiger partial charge is 0.275 e. The highest BCUT2D eigenvalue weighted by Gasteiger charge is 2.37. The first-order valence-corrected chi connectivity index (χ1v) is 10.6. The number of aromatic nitrogens is 1. The first kappa shape index (κ1) is 20.2. The van der Waals surface area contributed by atoms with E-state index in [1.165, 1.54) is 6.07 Å². The molecule has 0 spiro atoms. The summed E-state index contributed by atoms with van der Waals surface area (Å²) in [5, 5.41) is 4.46. The lowest BCUT2D eigenvalue weighted by molar-refractivity contribution is -0.0461. The Kier molecular flexibility index (Phi) is 4.83. The van der Waals surface area contributed by atoms with Crippen molar-refractivity contribution >= 4 is 22.4 Å². The van der Waals surface area contributed by atoms with Gasteiger partial charge >= 0.3 is 0 Å². The third kappa shape index (κ3) is 3.83. The van der Waals surface area contributed by atoms with Crippen LogP contribution in [0.2, 0.25) is 0 Å². The van der Waals surface area contributed by atoms with Crippen molar-refractivity contribution in [2.45, 2.75) is 31.4 Å². The van der Waals surface area contributed by atoms with Crippen molar-refractivity contribution in [3.05, 3.63) is 65.2 Å². The summed E-state index contributed by atoms with van der Waals surface area (Å²) in [5.74, 6) is -2.17. The van der Waals surface area contributed by atoms with Gasteiger partial charge in [-0.1, -0.05) is 35.9 Å². The molecule has 1 fully saturated rings. The lowest BCUT2D eigenvalue weighted by Crippen LogP contribution is -2.61. The number of rotatable bonds is 4. The highest BCUT2D eigenvalue weighted by molar-refractivity contribution is 5.93. The molecule has 0 saturated carbocycles. The van der Waals surface area contributed by atoms with Gasteiger partial charge in [-0.25, -0.2) is 13.8 Å². The van der Waals surface area contributed by atoms with Crippen LogP contribution in [0.3, 0.4) is 0 Å². The Morgan fingerprint density at radius 3 is 2.74 bits per heavy atom. The molecule has 3 aromatic rings. The quantitative estimate of drug-likeness (QED) is 0.658. The monoisotopic (exact) mass is 424 g/mol. The number of nitrogens with zero attached hydrogens (tertiary/aromatic N) is 2. The molecular formula is C24H26F2N4O. The van der Waals surface area contributed by atoms with Crippen molar-refractivity contribution in [3.8, 4) is 0 Å². The molecule has 0 amide bonds. The molecule has 2 aliphatic heterocycles. The summed E-state index contributed by atoms with van der Waals surface area (Å²) in [5.41, 5.74) is 9.54. The minimum Gasteiger partial charge on any atom is -0.382 e. The molecule has 31 heavy (non-hydrogen) atoms. The van der Waals surface area contributed by atoms with Crippen LogP contribution in [0, 0.1) is 6.92 Å². The maximum absolute atomic E-state index is 14.7. The molecule has 7 heteroatoms. The molecule has 0 unspecified atom stereocenters. The average molecular weight is 424 g/mol. The molecular weight excluding hydrogens is 398 g/mol. The van der Waals surface area contributed by atoms with Gasteiger partial charge in [0.1, 0.15) is 5.82 Å². The molecule has 2 aliphatic rings. The van der Waals surface area contributed by atoms with Gasteiger partial charge < -0.3 is 20.7 Å². The highest BCUT2D eigenvalue weighted by atomic mass is 19.3. The number of hydrogen-bond donors (Lipinski definition) is 2. The molecule has 162 valence electrons. The van der Waals surface area contributed by atoms with Gasteiger partial charge in [0.05, 0.1) is 24.3 Å². The lowest BCUT2D eigenvalue weighted by Gasteiger charge is -2.38. The number of anilines is 2. The Morgan fingerprint density at radius 2 is 1.97 bits per heavy atom.